The van der Waals surface area contributed by atoms with Crippen LogP contribution < -0.4 is 4.74 Å². The van der Waals surface area contributed by atoms with E-state index < -0.39 is 21.6 Å². The molecule has 2 rings (SSSR count). The second-order valence-electron chi connectivity index (χ2n) is 4.96. The third-order valence-corrected chi connectivity index (χ3v) is 5.01. The molecule has 0 radical (unpaired) electrons. The quantitative estimate of drug-likeness (QED) is 0.591. The first-order valence-corrected chi connectivity index (χ1v) is 8.69. The maximum atomic E-state index is 13.0. The van der Waals surface area contributed by atoms with E-state index in [-0.39, 0.29) is 16.2 Å². The van der Waals surface area contributed by atoms with E-state index in [0.717, 1.165) is 12.1 Å². The number of sulfone groups is 1. The van der Waals surface area contributed by atoms with Crippen LogP contribution in [-0.4, -0.2) is 28.1 Å². The standard InChI is InChI=1S/C17H17FO5S/c1-3-23-14-8-12(10-17(19)22-2)9-16(11-14)24(20,21)15-6-4-13(18)5-7-15/h4-9,11H,3,10H2,1-2H3. The average molecular weight is 352 g/mol. The molecule has 24 heavy (non-hydrogen) atoms. The number of hydrogen-bond acceptors (Lipinski definition) is 5. The van der Waals surface area contributed by atoms with Gasteiger partial charge in [-0.1, -0.05) is 0 Å². The fourth-order valence-electron chi connectivity index (χ4n) is 2.13. The van der Waals surface area contributed by atoms with Crippen molar-refractivity contribution >= 4 is 15.8 Å². The predicted octanol–water partition coefficient (Wildman–Crippen LogP) is 2.77. The minimum atomic E-state index is -3.86. The number of ether oxygens (including phenoxy) is 2. The average Bonchev–Trinajstić information content (AvgIpc) is 2.55. The van der Waals surface area contributed by atoms with Crippen LogP contribution in [0.15, 0.2) is 52.3 Å². The lowest BCUT2D eigenvalue weighted by Crippen LogP contribution is -2.08. The Kier molecular flexibility index (Phi) is 5.56. The molecular formula is C17H17FO5S. The van der Waals surface area contributed by atoms with Crippen molar-refractivity contribution in [2.75, 3.05) is 13.7 Å². The number of carbonyl (C=O) groups is 1. The van der Waals surface area contributed by atoms with E-state index in [0.29, 0.717) is 17.9 Å². The summed E-state index contributed by atoms with van der Waals surface area (Å²) in [5, 5.41) is 0. The van der Waals surface area contributed by atoms with E-state index in [1.807, 2.05) is 0 Å². The van der Waals surface area contributed by atoms with Gasteiger partial charge in [-0.05, 0) is 55.0 Å². The molecule has 0 aliphatic heterocycles. The molecule has 0 aliphatic carbocycles. The first-order valence-electron chi connectivity index (χ1n) is 7.21. The highest BCUT2D eigenvalue weighted by atomic mass is 32.2. The van der Waals surface area contributed by atoms with Gasteiger partial charge in [0.15, 0.2) is 0 Å². The van der Waals surface area contributed by atoms with Crippen LogP contribution in [0, 0.1) is 5.82 Å². The SMILES string of the molecule is CCOc1cc(CC(=O)OC)cc(S(=O)(=O)c2ccc(F)cc2)c1. The molecule has 0 amide bonds. The van der Waals surface area contributed by atoms with Gasteiger partial charge < -0.3 is 9.47 Å². The lowest BCUT2D eigenvalue weighted by Gasteiger charge is -2.11. The second kappa shape index (κ2) is 7.44. The van der Waals surface area contributed by atoms with Crippen molar-refractivity contribution in [2.24, 2.45) is 0 Å². The van der Waals surface area contributed by atoms with Gasteiger partial charge >= 0.3 is 5.97 Å². The van der Waals surface area contributed by atoms with Gasteiger partial charge in [0.2, 0.25) is 9.84 Å². The summed E-state index contributed by atoms with van der Waals surface area (Å²) in [5.74, 6) is -0.684. The molecule has 0 saturated heterocycles. The molecule has 7 heteroatoms. The summed E-state index contributed by atoms with van der Waals surface area (Å²) in [4.78, 5) is 11.4. The summed E-state index contributed by atoms with van der Waals surface area (Å²) >= 11 is 0. The van der Waals surface area contributed by atoms with Gasteiger partial charge in [0, 0.05) is 0 Å². The third kappa shape index (κ3) is 4.11. The summed E-state index contributed by atoms with van der Waals surface area (Å²) in [6, 6.07) is 8.89. The molecule has 128 valence electrons. The number of hydrogen-bond donors (Lipinski definition) is 0. The zero-order valence-corrected chi connectivity index (χ0v) is 14.1. The maximum Gasteiger partial charge on any atom is 0.309 e. The van der Waals surface area contributed by atoms with Crippen LogP contribution in [0.1, 0.15) is 12.5 Å². The molecule has 0 aliphatic rings. The molecule has 2 aromatic carbocycles. The monoisotopic (exact) mass is 352 g/mol. The fourth-order valence-corrected chi connectivity index (χ4v) is 3.47. The summed E-state index contributed by atoms with van der Waals surface area (Å²) in [6.07, 6.45) is -0.0800. The van der Waals surface area contributed by atoms with Crippen molar-refractivity contribution in [3.8, 4) is 5.75 Å². The fraction of sp³-hybridized carbons (Fsp3) is 0.235. The van der Waals surface area contributed by atoms with Crippen LogP contribution >= 0.6 is 0 Å². The minimum Gasteiger partial charge on any atom is -0.494 e. The van der Waals surface area contributed by atoms with Crippen LogP contribution in [-0.2, 0) is 25.8 Å². The van der Waals surface area contributed by atoms with E-state index >= 15 is 0 Å². The van der Waals surface area contributed by atoms with Crippen LogP contribution in [0.4, 0.5) is 4.39 Å². The van der Waals surface area contributed by atoms with Gasteiger partial charge in [0.05, 0.1) is 29.9 Å². The summed E-state index contributed by atoms with van der Waals surface area (Å²) < 4.78 is 48.4. The lowest BCUT2D eigenvalue weighted by molar-refractivity contribution is -0.139. The molecule has 5 nitrogen and oxygen atoms in total. The maximum absolute atomic E-state index is 13.0. The molecule has 0 unspecified atom stereocenters. The van der Waals surface area contributed by atoms with Crippen LogP contribution in [0.5, 0.6) is 5.75 Å². The van der Waals surface area contributed by atoms with E-state index in [4.69, 9.17) is 4.74 Å². The normalized spacial score (nSPS) is 11.1. The number of rotatable bonds is 6. The molecule has 0 bridgehead atoms. The molecule has 2 aromatic rings. The van der Waals surface area contributed by atoms with Crippen molar-refractivity contribution < 1.29 is 27.1 Å². The Labute approximate surface area is 139 Å². The topological polar surface area (TPSA) is 69.7 Å². The van der Waals surface area contributed by atoms with Gasteiger partial charge in [0.25, 0.3) is 0 Å². The molecule has 0 saturated carbocycles. The van der Waals surface area contributed by atoms with Crippen LogP contribution in [0.2, 0.25) is 0 Å². The van der Waals surface area contributed by atoms with E-state index in [2.05, 4.69) is 4.74 Å². The zero-order chi connectivity index (χ0) is 17.7. The van der Waals surface area contributed by atoms with Crippen LogP contribution in [0.25, 0.3) is 0 Å². The molecule has 0 spiro atoms. The Morgan fingerprint density at radius 2 is 1.75 bits per heavy atom. The zero-order valence-electron chi connectivity index (χ0n) is 13.3. The van der Waals surface area contributed by atoms with Crippen molar-refractivity contribution in [3.05, 3.63) is 53.8 Å². The van der Waals surface area contributed by atoms with Gasteiger partial charge in [-0.25, -0.2) is 12.8 Å². The second-order valence-corrected chi connectivity index (χ2v) is 6.91. The Bertz CT molecular complexity index is 829. The van der Waals surface area contributed by atoms with E-state index in [1.165, 1.54) is 31.4 Å². The molecule has 0 fully saturated rings. The third-order valence-electron chi connectivity index (χ3n) is 3.26. The van der Waals surface area contributed by atoms with Crippen molar-refractivity contribution in [1.82, 2.24) is 0 Å². The first kappa shape index (κ1) is 17.9. The number of esters is 1. The largest absolute Gasteiger partial charge is 0.494 e. The number of carbonyl (C=O) groups excluding carboxylic acids is 1. The number of methoxy groups -OCH3 is 1. The molecule has 0 atom stereocenters. The number of halogens is 1. The highest BCUT2D eigenvalue weighted by Gasteiger charge is 2.20. The predicted molar refractivity (Wildman–Crippen MR) is 85.2 cm³/mol. The Morgan fingerprint density at radius 1 is 1.08 bits per heavy atom. The Hall–Kier alpha value is -2.41. The smallest absolute Gasteiger partial charge is 0.309 e. The summed E-state index contributed by atoms with van der Waals surface area (Å²) in [6.45, 7) is 2.11. The van der Waals surface area contributed by atoms with E-state index in [9.17, 15) is 17.6 Å². The number of benzene rings is 2. The minimum absolute atomic E-state index is 0.0287. The van der Waals surface area contributed by atoms with Gasteiger partial charge in [0.1, 0.15) is 11.6 Å². The van der Waals surface area contributed by atoms with Crippen molar-refractivity contribution in [1.29, 1.82) is 0 Å². The van der Waals surface area contributed by atoms with E-state index in [1.54, 1.807) is 13.0 Å². The lowest BCUT2D eigenvalue weighted by atomic mass is 10.1. The van der Waals surface area contributed by atoms with Crippen LogP contribution in [0.3, 0.4) is 0 Å². The van der Waals surface area contributed by atoms with Gasteiger partial charge in [-0.3, -0.25) is 4.79 Å². The highest BCUT2D eigenvalue weighted by molar-refractivity contribution is 7.91. The van der Waals surface area contributed by atoms with Crippen molar-refractivity contribution in [3.63, 3.8) is 0 Å². The summed E-state index contributed by atoms with van der Waals surface area (Å²) in [7, 11) is -2.61. The molecular weight excluding hydrogens is 335 g/mol. The van der Waals surface area contributed by atoms with Crippen molar-refractivity contribution in [2.45, 2.75) is 23.1 Å². The molecule has 0 heterocycles. The highest BCUT2D eigenvalue weighted by Crippen LogP contribution is 2.27. The summed E-state index contributed by atoms with van der Waals surface area (Å²) in [5.41, 5.74) is 0.452. The Morgan fingerprint density at radius 3 is 2.33 bits per heavy atom. The molecule has 0 aromatic heterocycles. The van der Waals surface area contributed by atoms with Gasteiger partial charge in [-0.2, -0.15) is 0 Å². The Balaban J connectivity index is 2.50. The first-order chi connectivity index (χ1) is 11.4. The van der Waals surface area contributed by atoms with Gasteiger partial charge in [-0.15, -0.1) is 0 Å². The molecule has 0 N–H and O–H groups in total.